The van der Waals surface area contributed by atoms with Gasteiger partial charge in [0.15, 0.2) is 0 Å². The van der Waals surface area contributed by atoms with Gasteiger partial charge in [-0.05, 0) is 85.5 Å². The van der Waals surface area contributed by atoms with Crippen molar-refractivity contribution in [1.29, 1.82) is 5.26 Å². The van der Waals surface area contributed by atoms with E-state index in [9.17, 15) is 10.1 Å². The number of carbonyl (C=O) groups is 1. The number of carbonyl (C=O) groups excluding carboxylic acids is 1. The van der Waals surface area contributed by atoms with Crippen LogP contribution < -0.4 is 11.1 Å². The predicted molar refractivity (Wildman–Crippen MR) is 152 cm³/mol. The van der Waals surface area contributed by atoms with E-state index in [1.54, 1.807) is 49.1 Å². The predicted octanol–water partition coefficient (Wildman–Crippen LogP) is 5.03. The van der Waals surface area contributed by atoms with Crippen LogP contribution in [0.1, 0.15) is 62.0 Å². The van der Waals surface area contributed by atoms with Crippen molar-refractivity contribution in [2.24, 2.45) is 11.7 Å². The molecular formula is C31H33F2N7O2. The minimum atomic E-state index is -1.05. The molecule has 5 rings (SSSR count). The van der Waals surface area contributed by atoms with E-state index in [-0.39, 0.29) is 40.7 Å². The number of halogens is 2. The van der Waals surface area contributed by atoms with Gasteiger partial charge >= 0.3 is 6.09 Å². The first-order valence-corrected chi connectivity index (χ1v) is 13.8. The number of aromatic nitrogens is 4. The highest BCUT2D eigenvalue weighted by Crippen LogP contribution is 2.38. The summed E-state index contributed by atoms with van der Waals surface area (Å²) in [7, 11) is 1.33. The zero-order chi connectivity index (χ0) is 30.2. The van der Waals surface area contributed by atoms with Gasteiger partial charge in [-0.25, -0.2) is 23.1 Å². The van der Waals surface area contributed by atoms with Crippen molar-refractivity contribution >= 4 is 11.6 Å². The van der Waals surface area contributed by atoms with Crippen LogP contribution in [0.25, 0.3) is 16.8 Å². The molecule has 1 amide bonds. The van der Waals surface area contributed by atoms with Crippen LogP contribution in [-0.4, -0.2) is 44.9 Å². The first-order chi connectivity index (χ1) is 20.0. The summed E-state index contributed by atoms with van der Waals surface area (Å²) in [4.78, 5) is 20.7. The minimum Gasteiger partial charge on any atom is -0.453 e. The summed E-state index contributed by atoms with van der Waals surface area (Å²) in [5.74, 6) is -0.746. The number of methoxy groups -OCH3 is 1. The fourth-order valence-corrected chi connectivity index (χ4v) is 5.87. The highest BCUT2D eigenvalue weighted by Gasteiger charge is 2.36. The summed E-state index contributed by atoms with van der Waals surface area (Å²) in [6.45, 7) is 5.27. The van der Waals surface area contributed by atoms with E-state index >= 15 is 8.78 Å². The lowest BCUT2D eigenvalue weighted by molar-refractivity contribution is 0.149. The number of nitrogens with zero attached hydrogens (tertiary/aromatic N) is 5. The highest BCUT2D eigenvalue weighted by atomic mass is 19.1. The van der Waals surface area contributed by atoms with Gasteiger partial charge in [-0.2, -0.15) is 10.4 Å². The number of hydrogen-bond acceptors (Lipinski definition) is 7. The van der Waals surface area contributed by atoms with Gasteiger partial charge < -0.3 is 15.8 Å². The second-order valence-electron chi connectivity index (χ2n) is 11.5. The molecule has 0 unspecified atom stereocenters. The summed E-state index contributed by atoms with van der Waals surface area (Å²) in [6, 6.07) is 9.24. The third-order valence-corrected chi connectivity index (χ3v) is 8.24. The van der Waals surface area contributed by atoms with Gasteiger partial charge in [0.1, 0.15) is 17.5 Å². The van der Waals surface area contributed by atoms with Crippen molar-refractivity contribution in [2.75, 3.05) is 7.11 Å². The largest absolute Gasteiger partial charge is 0.453 e. The summed E-state index contributed by atoms with van der Waals surface area (Å²) in [5.41, 5.74) is 8.26. The zero-order valence-electron chi connectivity index (χ0n) is 23.9. The molecule has 0 saturated heterocycles. The van der Waals surface area contributed by atoms with Gasteiger partial charge in [0.05, 0.1) is 41.6 Å². The molecule has 1 aromatic carbocycles. The van der Waals surface area contributed by atoms with Crippen molar-refractivity contribution in [3.63, 3.8) is 0 Å². The molecule has 3 N–H and O–H groups in total. The lowest BCUT2D eigenvalue weighted by atomic mass is 9.72. The number of nitriles is 1. The van der Waals surface area contributed by atoms with Crippen LogP contribution in [-0.2, 0) is 16.6 Å². The van der Waals surface area contributed by atoms with E-state index in [0.29, 0.717) is 24.2 Å². The number of fused-ring (bicyclic) bond motifs is 1. The number of rotatable bonds is 6. The Balaban J connectivity index is 1.45. The quantitative estimate of drug-likeness (QED) is 0.331. The van der Waals surface area contributed by atoms with Gasteiger partial charge in [0, 0.05) is 30.9 Å². The molecule has 4 aromatic rings. The van der Waals surface area contributed by atoms with E-state index < -0.39 is 23.1 Å². The molecule has 9 nitrogen and oxygen atoms in total. The molecule has 1 saturated carbocycles. The van der Waals surface area contributed by atoms with Gasteiger partial charge in [-0.1, -0.05) is 6.92 Å². The van der Waals surface area contributed by atoms with Gasteiger partial charge in [-0.3, -0.25) is 4.98 Å². The van der Waals surface area contributed by atoms with Gasteiger partial charge in [0.25, 0.3) is 0 Å². The summed E-state index contributed by atoms with van der Waals surface area (Å²) in [5, 5.41) is 16.8. The van der Waals surface area contributed by atoms with Crippen molar-refractivity contribution in [2.45, 2.75) is 63.5 Å². The first-order valence-electron chi connectivity index (χ1n) is 13.8. The number of nitrogens with one attached hydrogen (secondary N) is 1. The van der Waals surface area contributed by atoms with Crippen molar-refractivity contribution in [1.82, 2.24) is 24.9 Å². The van der Waals surface area contributed by atoms with Crippen LogP contribution in [0.3, 0.4) is 0 Å². The fraction of sp³-hybridized carbons (Fsp3) is 0.387. The average molecular weight is 574 g/mol. The lowest BCUT2D eigenvalue weighted by Crippen LogP contribution is -2.54. The number of hydrogen-bond donors (Lipinski definition) is 2. The van der Waals surface area contributed by atoms with Crippen LogP contribution >= 0.6 is 0 Å². The Labute approximate surface area is 242 Å². The summed E-state index contributed by atoms with van der Waals surface area (Å²) < 4.78 is 36.8. The summed E-state index contributed by atoms with van der Waals surface area (Å²) in [6.07, 6.45) is 6.57. The molecule has 42 heavy (non-hydrogen) atoms. The van der Waals surface area contributed by atoms with Crippen LogP contribution in [0.2, 0.25) is 0 Å². The Morgan fingerprint density at radius 1 is 1.21 bits per heavy atom. The minimum absolute atomic E-state index is 0.112. The van der Waals surface area contributed by atoms with E-state index in [1.807, 2.05) is 6.07 Å². The fourth-order valence-electron chi connectivity index (χ4n) is 5.87. The Bertz CT molecular complexity index is 1640. The molecule has 3 heterocycles. The standard InChI is InChI=1S/C31H33F2N7O2/c1-17-9-18(10-25(35)29(17)38-30(41)42-4)22-7-8-36-14-19(22)11-27-37-15-21-5-6-26(39-40(21)27)28-23(32)12-20(13-24(28)33)31(2,3)16-34/h5-8,12-15,17-18,25,29H,9-11,35H2,1-4H3,(H,38,41)/t17-,18+,25+,29-/m0/s1. The van der Waals surface area contributed by atoms with Gasteiger partial charge in [0.2, 0.25) is 0 Å². The zero-order valence-corrected chi connectivity index (χ0v) is 23.9. The SMILES string of the molecule is COC(=O)N[C@@H]1[C@H](N)C[C@H](c2ccncc2Cc2ncc3ccc(-c4c(F)cc(C(C)(C)C#N)cc4F)nn23)C[C@@H]1C. The number of ether oxygens (including phenoxy) is 1. The van der Waals surface area contributed by atoms with Crippen LogP contribution in [0.5, 0.6) is 0 Å². The normalized spacial score (nSPS) is 20.7. The van der Waals surface area contributed by atoms with Crippen LogP contribution in [0.4, 0.5) is 13.6 Å². The number of pyridine rings is 1. The Morgan fingerprint density at radius 2 is 1.95 bits per heavy atom. The molecule has 0 aliphatic heterocycles. The third-order valence-electron chi connectivity index (χ3n) is 8.24. The molecular weight excluding hydrogens is 540 g/mol. The molecule has 218 valence electrons. The Hall–Kier alpha value is -4.43. The Morgan fingerprint density at radius 3 is 2.62 bits per heavy atom. The van der Waals surface area contributed by atoms with Crippen molar-refractivity contribution < 1.29 is 18.3 Å². The average Bonchev–Trinajstić information content (AvgIpc) is 3.36. The monoisotopic (exact) mass is 573 g/mol. The van der Waals surface area contributed by atoms with Crippen molar-refractivity contribution in [3.8, 4) is 17.3 Å². The molecule has 1 fully saturated rings. The summed E-state index contributed by atoms with van der Waals surface area (Å²) >= 11 is 0. The topological polar surface area (TPSA) is 131 Å². The van der Waals surface area contributed by atoms with Crippen LogP contribution in [0, 0.1) is 28.9 Å². The maximum absolute atomic E-state index is 15.2. The van der Waals surface area contributed by atoms with Crippen molar-refractivity contribution in [3.05, 3.63) is 83.1 Å². The molecule has 0 spiro atoms. The van der Waals surface area contributed by atoms with Gasteiger partial charge in [-0.15, -0.1) is 0 Å². The maximum Gasteiger partial charge on any atom is 0.407 e. The van der Waals surface area contributed by atoms with E-state index in [4.69, 9.17) is 10.5 Å². The number of imidazole rings is 1. The molecule has 0 bridgehead atoms. The lowest BCUT2D eigenvalue weighted by Gasteiger charge is -2.39. The molecule has 0 radical (unpaired) electrons. The second kappa shape index (κ2) is 11.4. The van der Waals surface area contributed by atoms with E-state index in [0.717, 1.165) is 17.5 Å². The Kier molecular flexibility index (Phi) is 7.93. The molecule has 3 aromatic heterocycles. The first kappa shape index (κ1) is 29.1. The highest BCUT2D eigenvalue weighted by molar-refractivity contribution is 5.67. The molecule has 4 atom stereocenters. The molecule has 1 aliphatic carbocycles. The molecule has 1 aliphatic rings. The number of nitrogens with two attached hydrogens (primary N) is 1. The maximum atomic E-state index is 15.2. The van der Waals surface area contributed by atoms with E-state index in [1.165, 1.54) is 19.2 Å². The number of amides is 1. The number of alkyl carbamates (subject to hydrolysis) is 1. The smallest absolute Gasteiger partial charge is 0.407 e. The van der Waals surface area contributed by atoms with E-state index in [2.05, 4.69) is 33.4 Å². The number of benzene rings is 1. The third kappa shape index (κ3) is 5.54. The molecule has 11 heteroatoms. The second-order valence-corrected chi connectivity index (χ2v) is 11.5. The van der Waals surface area contributed by atoms with Crippen LogP contribution in [0.15, 0.2) is 48.9 Å².